The quantitative estimate of drug-likeness (QED) is 0.887. The fourth-order valence-corrected chi connectivity index (χ4v) is 3.61. The molecule has 4 nitrogen and oxygen atoms in total. The molecule has 106 valence electrons. The van der Waals surface area contributed by atoms with Gasteiger partial charge >= 0.3 is 0 Å². The third-order valence-electron chi connectivity index (χ3n) is 4.01. The molecule has 0 aromatic heterocycles. The Balaban J connectivity index is 1.80. The molecule has 3 rings (SSSR count). The van der Waals surface area contributed by atoms with Crippen LogP contribution in [-0.4, -0.2) is 20.2 Å². The molecule has 2 aromatic carbocycles. The predicted molar refractivity (Wildman–Crippen MR) is 80.8 cm³/mol. The molecule has 2 atom stereocenters. The van der Waals surface area contributed by atoms with Crippen LogP contribution in [0.5, 0.6) is 0 Å². The third-order valence-corrected chi connectivity index (χ3v) is 5.34. The number of primary sulfonamides is 1. The first-order valence-corrected chi connectivity index (χ1v) is 8.39. The van der Waals surface area contributed by atoms with Crippen LogP contribution in [0.1, 0.15) is 24.4 Å². The van der Waals surface area contributed by atoms with Gasteiger partial charge < -0.3 is 5.32 Å². The van der Waals surface area contributed by atoms with Crippen LogP contribution >= 0.6 is 0 Å². The molecule has 5 heteroatoms. The van der Waals surface area contributed by atoms with E-state index in [2.05, 4.69) is 35.6 Å². The van der Waals surface area contributed by atoms with Gasteiger partial charge in [-0.3, -0.25) is 0 Å². The lowest BCUT2D eigenvalue weighted by Crippen LogP contribution is -2.43. The first-order valence-electron chi connectivity index (χ1n) is 6.78. The van der Waals surface area contributed by atoms with Crippen molar-refractivity contribution in [3.05, 3.63) is 48.0 Å². The predicted octanol–water partition coefficient (Wildman–Crippen LogP) is 1.92. The Morgan fingerprint density at radius 3 is 2.45 bits per heavy atom. The summed E-state index contributed by atoms with van der Waals surface area (Å²) in [4.78, 5) is 0. The topological polar surface area (TPSA) is 72.2 Å². The summed E-state index contributed by atoms with van der Waals surface area (Å²) >= 11 is 0. The zero-order valence-corrected chi connectivity index (χ0v) is 11.9. The van der Waals surface area contributed by atoms with E-state index in [-0.39, 0.29) is 6.04 Å². The minimum absolute atomic E-state index is 0.206. The smallest absolute Gasteiger partial charge is 0.213 e. The van der Waals surface area contributed by atoms with Gasteiger partial charge in [0.15, 0.2) is 0 Å². The third kappa shape index (κ3) is 2.70. The molecule has 3 N–H and O–H groups in total. The number of nitrogens with one attached hydrogen (secondary N) is 1. The van der Waals surface area contributed by atoms with Crippen LogP contribution in [0.2, 0.25) is 0 Å². The second-order valence-electron chi connectivity index (χ2n) is 5.36. The van der Waals surface area contributed by atoms with Crippen molar-refractivity contribution >= 4 is 20.8 Å². The first-order chi connectivity index (χ1) is 9.54. The van der Waals surface area contributed by atoms with Crippen molar-refractivity contribution in [3.8, 4) is 0 Å². The van der Waals surface area contributed by atoms with Crippen LogP contribution in [0.4, 0.5) is 0 Å². The zero-order valence-electron chi connectivity index (χ0n) is 11.1. The van der Waals surface area contributed by atoms with E-state index in [0.29, 0.717) is 13.0 Å². The zero-order chi connectivity index (χ0) is 14.2. The molecule has 1 aliphatic heterocycles. The molecule has 0 spiro atoms. The van der Waals surface area contributed by atoms with E-state index in [1.807, 2.05) is 12.1 Å². The van der Waals surface area contributed by atoms with E-state index in [1.165, 1.54) is 16.3 Å². The van der Waals surface area contributed by atoms with Gasteiger partial charge in [0.2, 0.25) is 10.0 Å². The molecule has 20 heavy (non-hydrogen) atoms. The van der Waals surface area contributed by atoms with Crippen molar-refractivity contribution in [1.29, 1.82) is 0 Å². The Hall–Kier alpha value is -1.43. The summed E-state index contributed by atoms with van der Waals surface area (Å²) in [5, 5.41) is 10.5. The lowest BCUT2D eigenvalue weighted by molar-refractivity contribution is 0.408. The van der Waals surface area contributed by atoms with E-state index in [1.54, 1.807) is 0 Å². The van der Waals surface area contributed by atoms with Crippen LogP contribution in [0.15, 0.2) is 42.5 Å². The summed E-state index contributed by atoms with van der Waals surface area (Å²) in [5.41, 5.74) is 1.21. The van der Waals surface area contributed by atoms with Crippen LogP contribution < -0.4 is 10.5 Å². The van der Waals surface area contributed by atoms with Crippen molar-refractivity contribution in [3.63, 3.8) is 0 Å². The van der Waals surface area contributed by atoms with Crippen LogP contribution in [0.3, 0.4) is 0 Å². The van der Waals surface area contributed by atoms with E-state index >= 15 is 0 Å². The number of rotatable bonds is 2. The minimum Gasteiger partial charge on any atom is -0.309 e. The largest absolute Gasteiger partial charge is 0.309 e. The second-order valence-corrected chi connectivity index (χ2v) is 7.20. The summed E-state index contributed by atoms with van der Waals surface area (Å²) < 4.78 is 22.7. The number of hydrogen-bond donors (Lipinski definition) is 2. The Morgan fingerprint density at radius 1 is 1.05 bits per heavy atom. The molecule has 0 aliphatic carbocycles. The highest BCUT2D eigenvalue weighted by atomic mass is 32.2. The van der Waals surface area contributed by atoms with Crippen molar-refractivity contribution in [2.45, 2.75) is 24.1 Å². The summed E-state index contributed by atoms with van der Waals surface area (Å²) in [7, 11) is -3.43. The maximum atomic E-state index is 11.3. The molecular formula is C15H18N2O2S. The molecule has 0 bridgehead atoms. The molecule has 0 radical (unpaired) electrons. The van der Waals surface area contributed by atoms with E-state index in [9.17, 15) is 8.42 Å². The number of sulfonamides is 1. The average Bonchev–Trinajstić information content (AvgIpc) is 2.46. The highest BCUT2D eigenvalue weighted by molar-refractivity contribution is 7.89. The number of hydrogen-bond acceptors (Lipinski definition) is 3. The van der Waals surface area contributed by atoms with Gasteiger partial charge in [0, 0.05) is 12.6 Å². The standard InChI is InChI=1S/C15H18N2O2S/c16-20(18,19)14-7-8-15(17-10-14)13-6-5-11-3-1-2-4-12(11)9-13/h1-6,9,14-15,17H,7-8,10H2,(H2,16,18,19). The second kappa shape index (κ2) is 5.16. The van der Waals surface area contributed by atoms with E-state index in [4.69, 9.17) is 5.14 Å². The van der Waals surface area contributed by atoms with Crippen LogP contribution in [0.25, 0.3) is 10.8 Å². The first kappa shape index (κ1) is 13.5. The fraction of sp³-hybridized carbons (Fsp3) is 0.333. The van der Waals surface area contributed by atoms with Crippen molar-refractivity contribution < 1.29 is 8.42 Å². The molecular weight excluding hydrogens is 272 g/mol. The summed E-state index contributed by atoms with van der Waals surface area (Å²) in [5.74, 6) is 0. The number of piperidine rings is 1. The number of nitrogens with two attached hydrogens (primary N) is 1. The van der Waals surface area contributed by atoms with Gasteiger partial charge in [-0.25, -0.2) is 13.6 Å². The van der Waals surface area contributed by atoms with Gasteiger partial charge in [-0.05, 0) is 35.2 Å². The number of fused-ring (bicyclic) bond motifs is 1. The van der Waals surface area contributed by atoms with Gasteiger partial charge in [-0.1, -0.05) is 36.4 Å². The monoisotopic (exact) mass is 290 g/mol. The highest BCUT2D eigenvalue weighted by Crippen LogP contribution is 2.27. The normalized spacial score (nSPS) is 23.9. The Morgan fingerprint density at radius 2 is 1.80 bits per heavy atom. The summed E-state index contributed by atoms with van der Waals surface area (Å²) in [6.07, 6.45) is 1.41. The SMILES string of the molecule is NS(=O)(=O)C1CCC(c2ccc3ccccc3c2)NC1. The van der Waals surface area contributed by atoms with Gasteiger partial charge in [-0.2, -0.15) is 0 Å². The van der Waals surface area contributed by atoms with Gasteiger partial charge in [0.1, 0.15) is 0 Å². The lowest BCUT2D eigenvalue weighted by atomic mass is 9.95. The molecule has 0 amide bonds. The highest BCUT2D eigenvalue weighted by Gasteiger charge is 2.28. The summed E-state index contributed by atoms with van der Waals surface area (Å²) in [6, 6.07) is 14.8. The van der Waals surface area contributed by atoms with Crippen molar-refractivity contribution in [2.24, 2.45) is 5.14 Å². The molecule has 1 fully saturated rings. The van der Waals surface area contributed by atoms with Gasteiger partial charge in [0.25, 0.3) is 0 Å². The molecule has 2 aromatic rings. The Bertz CT molecular complexity index is 719. The molecule has 1 saturated heterocycles. The van der Waals surface area contributed by atoms with Gasteiger partial charge in [-0.15, -0.1) is 0 Å². The van der Waals surface area contributed by atoms with Crippen LogP contribution in [-0.2, 0) is 10.0 Å². The van der Waals surface area contributed by atoms with Gasteiger partial charge in [0.05, 0.1) is 5.25 Å². The fourth-order valence-electron chi connectivity index (χ4n) is 2.82. The van der Waals surface area contributed by atoms with E-state index < -0.39 is 15.3 Å². The average molecular weight is 290 g/mol. The lowest BCUT2D eigenvalue weighted by Gasteiger charge is -2.29. The molecule has 2 unspecified atom stereocenters. The molecule has 1 aliphatic rings. The van der Waals surface area contributed by atoms with E-state index in [0.717, 1.165) is 6.42 Å². The molecule has 1 heterocycles. The minimum atomic E-state index is -3.43. The maximum absolute atomic E-state index is 11.3. The van der Waals surface area contributed by atoms with Crippen molar-refractivity contribution in [1.82, 2.24) is 5.32 Å². The van der Waals surface area contributed by atoms with Crippen LogP contribution in [0, 0.1) is 0 Å². The molecule has 0 saturated carbocycles. The number of benzene rings is 2. The van der Waals surface area contributed by atoms with Crippen molar-refractivity contribution in [2.75, 3.05) is 6.54 Å². The Kier molecular flexibility index (Phi) is 3.50. The summed E-state index contributed by atoms with van der Waals surface area (Å²) in [6.45, 7) is 0.427. The Labute approximate surface area is 119 Å². The maximum Gasteiger partial charge on any atom is 0.213 e.